The number of benzene rings is 2. The molecule has 9 nitrogen and oxygen atoms in total. The van der Waals surface area contributed by atoms with Gasteiger partial charge in [-0.05, 0) is 43.7 Å². The molecule has 0 fully saturated rings. The Labute approximate surface area is 235 Å². The van der Waals surface area contributed by atoms with Crippen molar-refractivity contribution in [3.8, 4) is 29.6 Å². The van der Waals surface area contributed by atoms with Crippen LogP contribution in [0.3, 0.4) is 0 Å². The molecule has 1 aliphatic heterocycles. The van der Waals surface area contributed by atoms with Gasteiger partial charge in [0.15, 0.2) is 16.3 Å². The van der Waals surface area contributed by atoms with Crippen LogP contribution in [0.1, 0.15) is 31.0 Å². The highest BCUT2D eigenvalue weighted by molar-refractivity contribution is 7.07. The van der Waals surface area contributed by atoms with Crippen molar-refractivity contribution in [3.63, 3.8) is 0 Å². The van der Waals surface area contributed by atoms with Gasteiger partial charge < -0.3 is 23.7 Å². The highest BCUT2D eigenvalue weighted by atomic mass is 32.1. The molecule has 40 heavy (non-hydrogen) atoms. The summed E-state index contributed by atoms with van der Waals surface area (Å²) in [4.78, 5) is 32.4. The Balaban J connectivity index is 1.89. The smallest absolute Gasteiger partial charge is 0.338 e. The van der Waals surface area contributed by atoms with Gasteiger partial charge in [0, 0.05) is 12.7 Å². The van der Waals surface area contributed by atoms with Gasteiger partial charge in [-0.2, -0.15) is 0 Å². The van der Waals surface area contributed by atoms with E-state index >= 15 is 0 Å². The molecular formula is C30H30N2O7S. The number of esters is 1. The summed E-state index contributed by atoms with van der Waals surface area (Å²) in [5.41, 5.74) is 1.75. The molecule has 0 spiro atoms. The molecule has 0 radical (unpaired) electrons. The van der Waals surface area contributed by atoms with E-state index in [2.05, 4.69) is 10.9 Å². The van der Waals surface area contributed by atoms with Crippen molar-refractivity contribution in [2.45, 2.75) is 19.9 Å². The first-order valence-electron chi connectivity index (χ1n) is 12.6. The van der Waals surface area contributed by atoms with Crippen LogP contribution in [-0.4, -0.2) is 51.2 Å². The number of allylic oxidation sites excluding steroid dienone is 1. The normalized spacial score (nSPS) is 14.7. The highest BCUT2D eigenvalue weighted by Gasteiger charge is 2.36. The SMILES string of the molecule is C#CCOc1ccc(/C=c2/sc3n(c2=O)[C@@H](c2cccc(OC)c2OCC)C(C(=O)OCCOC)=C(C)N=3)cc1. The van der Waals surface area contributed by atoms with Crippen molar-refractivity contribution in [3.05, 3.63) is 84.5 Å². The van der Waals surface area contributed by atoms with Crippen molar-refractivity contribution in [1.29, 1.82) is 0 Å². The Bertz CT molecular complexity index is 1630. The summed E-state index contributed by atoms with van der Waals surface area (Å²) < 4.78 is 29.5. The Morgan fingerprint density at radius 3 is 2.60 bits per heavy atom. The number of carbonyl (C=O) groups is 1. The monoisotopic (exact) mass is 562 g/mol. The third-order valence-electron chi connectivity index (χ3n) is 6.07. The van der Waals surface area contributed by atoms with E-state index in [0.717, 1.165) is 5.56 Å². The molecule has 1 atom stereocenters. The van der Waals surface area contributed by atoms with E-state index in [9.17, 15) is 9.59 Å². The van der Waals surface area contributed by atoms with Gasteiger partial charge in [-0.1, -0.05) is 41.5 Å². The number of para-hydroxylation sites is 1. The Kier molecular flexibility index (Phi) is 9.43. The maximum absolute atomic E-state index is 13.9. The summed E-state index contributed by atoms with van der Waals surface area (Å²) in [5.74, 6) is 3.38. The molecule has 0 unspecified atom stereocenters. The molecule has 2 heterocycles. The molecule has 208 valence electrons. The first-order chi connectivity index (χ1) is 19.4. The lowest BCUT2D eigenvalue weighted by atomic mass is 9.94. The van der Waals surface area contributed by atoms with E-state index in [-0.39, 0.29) is 31.0 Å². The third kappa shape index (κ3) is 5.96. The second-order valence-corrected chi connectivity index (χ2v) is 9.59. The van der Waals surface area contributed by atoms with Crippen LogP contribution in [0.5, 0.6) is 17.2 Å². The van der Waals surface area contributed by atoms with E-state index in [4.69, 9.17) is 30.1 Å². The minimum Gasteiger partial charge on any atom is -0.493 e. The molecule has 1 aromatic heterocycles. The number of hydrogen-bond acceptors (Lipinski definition) is 9. The van der Waals surface area contributed by atoms with Gasteiger partial charge >= 0.3 is 5.97 Å². The average molecular weight is 563 g/mol. The molecule has 4 rings (SSSR count). The van der Waals surface area contributed by atoms with Crippen LogP contribution < -0.4 is 29.1 Å². The molecule has 0 amide bonds. The lowest BCUT2D eigenvalue weighted by Gasteiger charge is -2.27. The number of fused-ring (bicyclic) bond motifs is 1. The largest absolute Gasteiger partial charge is 0.493 e. The predicted octanol–water partition coefficient (Wildman–Crippen LogP) is 2.84. The number of thiazole rings is 1. The average Bonchev–Trinajstić information content (AvgIpc) is 3.26. The molecule has 2 aromatic carbocycles. The van der Waals surface area contributed by atoms with Crippen LogP contribution in [0.4, 0.5) is 0 Å². The molecule has 0 N–H and O–H groups in total. The zero-order chi connectivity index (χ0) is 28.6. The highest BCUT2D eigenvalue weighted by Crippen LogP contribution is 2.40. The Morgan fingerprint density at radius 1 is 1.15 bits per heavy atom. The number of ether oxygens (including phenoxy) is 5. The number of rotatable bonds is 11. The Morgan fingerprint density at radius 2 is 1.93 bits per heavy atom. The third-order valence-corrected chi connectivity index (χ3v) is 7.06. The first kappa shape index (κ1) is 28.7. The minimum absolute atomic E-state index is 0.0563. The van der Waals surface area contributed by atoms with E-state index < -0.39 is 12.0 Å². The van der Waals surface area contributed by atoms with Crippen LogP contribution in [0, 0.1) is 12.3 Å². The van der Waals surface area contributed by atoms with E-state index in [0.29, 0.717) is 44.4 Å². The fraction of sp³-hybridized carbons (Fsp3) is 0.300. The quantitative estimate of drug-likeness (QED) is 0.201. The van der Waals surface area contributed by atoms with Crippen LogP contribution in [0.2, 0.25) is 0 Å². The van der Waals surface area contributed by atoms with E-state index in [1.165, 1.54) is 30.1 Å². The number of aromatic nitrogens is 1. The summed E-state index contributed by atoms with van der Waals surface area (Å²) in [6.07, 6.45) is 7.03. The minimum atomic E-state index is -0.857. The number of hydrogen-bond donors (Lipinski definition) is 0. The first-order valence-corrected chi connectivity index (χ1v) is 13.4. The molecule has 0 saturated carbocycles. The lowest BCUT2D eigenvalue weighted by molar-refractivity contribution is -0.140. The zero-order valence-corrected chi connectivity index (χ0v) is 23.6. The summed E-state index contributed by atoms with van der Waals surface area (Å²) >= 11 is 1.23. The number of carbonyl (C=O) groups excluding carboxylic acids is 1. The predicted molar refractivity (Wildman–Crippen MR) is 152 cm³/mol. The summed E-state index contributed by atoms with van der Waals surface area (Å²) in [7, 11) is 3.06. The maximum Gasteiger partial charge on any atom is 0.338 e. The second-order valence-electron chi connectivity index (χ2n) is 8.58. The molecule has 10 heteroatoms. The lowest BCUT2D eigenvalue weighted by Crippen LogP contribution is -2.40. The van der Waals surface area contributed by atoms with Gasteiger partial charge in [0.05, 0.1) is 36.1 Å². The van der Waals surface area contributed by atoms with Crippen LogP contribution >= 0.6 is 11.3 Å². The zero-order valence-electron chi connectivity index (χ0n) is 22.8. The molecule has 0 bridgehead atoms. The molecule has 0 aliphatic carbocycles. The fourth-order valence-corrected chi connectivity index (χ4v) is 5.36. The number of terminal acetylenes is 1. The standard InChI is InChI=1S/C30H30N2O7S/c1-6-15-38-21-13-11-20(12-14-21)18-24-28(33)32-26(22-9-8-10-23(36-5)27(22)37-7-2)25(19(3)31-30(32)40-24)29(34)39-17-16-35-4/h1,8-14,18,26H,7,15-17H2,2-5H3/b24-18+/t26-/m0/s1. The maximum atomic E-state index is 13.9. The van der Waals surface area contributed by atoms with Crippen molar-refractivity contribution in [2.24, 2.45) is 4.99 Å². The van der Waals surface area contributed by atoms with Crippen molar-refractivity contribution in [2.75, 3.05) is 40.6 Å². The van der Waals surface area contributed by atoms with Crippen molar-refractivity contribution in [1.82, 2.24) is 4.57 Å². The molecule has 3 aromatic rings. The Hall–Kier alpha value is -4.33. The second kappa shape index (κ2) is 13.2. The fourth-order valence-electron chi connectivity index (χ4n) is 4.32. The summed E-state index contributed by atoms with van der Waals surface area (Å²) in [6, 6.07) is 11.7. The van der Waals surface area contributed by atoms with Crippen LogP contribution in [0.15, 0.2) is 63.5 Å². The topological polar surface area (TPSA) is 97.6 Å². The summed E-state index contributed by atoms with van der Waals surface area (Å²) in [5, 5.41) is 0. The molecular weight excluding hydrogens is 532 g/mol. The van der Waals surface area contributed by atoms with E-state index in [1.54, 1.807) is 37.3 Å². The van der Waals surface area contributed by atoms with Gasteiger partial charge in [-0.3, -0.25) is 9.36 Å². The number of nitrogens with zero attached hydrogens (tertiary/aromatic N) is 2. The number of methoxy groups -OCH3 is 2. The van der Waals surface area contributed by atoms with Gasteiger partial charge in [0.2, 0.25) is 0 Å². The van der Waals surface area contributed by atoms with E-state index in [1.807, 2.05) is 25.1 Å². The van der Waals surface area contributed by atoms with Gasteiger partial charge in [0.1, 0.15) is 25.0 Å². The van der Waals surface area contributed by atoms with Crippen LogP contribution in [0.25, 0.3) is 6.08 Å². The van der Waals surface area contributed by atoms with Crippen molar-refractivity contribution >= 4 is 23.4 Å². The van der Waals surface area contributed by atoms with Crippen molar-refractivity contribution < 1.29 is 28.5 Å². The van der Waals surface area contributed by atoms with Gasteiger partial charge in [-0.15, -0.1) is 6.42 Å². The van der Waals surface area contributed by atoms with Gasteiger partial charge in [-0.25, -0.2) is 9.79 Å². The molecule has 0 saturated heterocycles. The summed E-state index contributed by atoms with van der Waals surface area (Å²) in [6.45, 7) is 4.39. The molecule has 1 aliphatic rings. The van der Waals surface area contributed by atoms with Gasteiger partial charge in [0.25, 0.3) is 5.56 Å². The van der Waals surface area contributed by atoms with Crippen LogP contribution in [-0.2, 0) is 14.3 Å².